The van der Waals surface area contributed by atoms with E-state index in [2.05, 4.69) is 4.58 Å². The van der Waals surface area contributed by atoms with E-state index in [-0.39, 0.29) is 30.7 Å². The Labute approximate surface area is 300 Å². The molecule has 13 nitrogen and oxygen atoms in total. The standard InChI is InChI=1S/C36H48N2O11S2/c1-35(2,3)33-22-25(28-12-10-26(23-31(28)49-33)37(16-18-47-5)17-19-48-6)21-32-36(4,14-7-9-34(39)40)29-24-27(51(44,45)46)11-13-30(29)38(32)15-8-20-50(41,42)43/h10-13,21-24H,7-9,14-20H2,1-6H3,(H2-,39,40,41,42,43,44,45,46)/p+1. The second kappa shape index (κ2) is 16.0. The molecule has 0 spiro atoms. The van der Waals surface area contributed by atoms with Crippen molar-refractivity contribution in [3.63, 3.8) is 0 Å². The lowest BCUT2D eigenvalue weighted by molar-refractivity contribution is -0.137. The fourth-order valence-electron chi connectivity index (χ4n) is 6.46. The van der Waals surface area contributed by atoms with Gasteiger partial charge in [-0.05, 0) is 73.7 Å². The summed E-state index contributed by atoms with van der Waals surface area (Å²) in [6, 6.07) is 12.1. The van der Waals surface area contributed by atoms with Gasteiger partial charge < -0.3 is 23.9 Å². The van der Waals surface area contributed by atoms with Crippen LogP contribution in [0.2, 0.25) is 0 Å². The van der Waals surface area contributed by atoms with Crippen molar-refractivity contribution in [3.05, 3.63) is 70.4 Å². The first-order chi connectivity index (χ1) is 23.8. The van der Waals surface area contributed by atoms with Crippen molar-refractivity contribution < 1.29 is 49.7 Å². The molecule has 1 aliphatic carbocycles. The number of ether oxygens (including phenoxy) is 2. The third-order valence-electron chi connectivity index (χ3n) is 9.17. The van der Waals surface area contributed by atoms with Crippen molar-refractivity contribution >= 4 is 38.0 Å². The molecule has 0 bridgehead atoms. The van der Waals surface area contributed by atoms with E-state index in [1.165, 1.54) is 12.1 Å². The largest absolute Gasteiger partial charge is 0.481 e. The third kappa shape index (κ3) is 9.84. The van der Waals surface area contributed by atoms with Crippen LogP contribution >= 0.6 is 0 Å². The molecule has 15 heteroatoms. The highest BCUT2D eigenvalue weighted by atomic mass is 32.2. The first kappa shape index (κ1) is 40.2. The molecule has 0 aromatic heterocycles. The van der Waals surface area contributed by atoms with Gasteiger partial charge >= 0.3 is 5.97 Å². The van der Waals surface area contributed by atoms with Gasteiger partial charge in [-0.25, -0.2) is 4.58 Å². The van der Waals surface area contributed by atoms with Gasteiger partial charge in [0.05, 0.1) is 16.7 Å². The summed E-state index contributed by atoms with van der Waals surface area (Å²) in [7, 11) is -5.58. The fraction of sp³-hybridized carbons (Fsp3) is 0.500. The molecule has 0 amide bonds. The van der Waals surface area contributed by atoms with Crippen LogP contribution < -0.4 is 14.8 Å². The molecule has 0 saturated heterocycles. The number of hydrogen-bond acceptors (Lipinski definition) is 9. The summed E-state index contributed by atoms with van der Waals surface area (Å²) in [6.07, 6.45) is 2.41. The number of carbonyl (C=O) groups is 1. The average Bonchev–Trinajstić information content (AvgIpc) is 3.25. The first-order valence-electron chi connectivity index (χ1n) is 16.7. The Morgan fingerprint density at radius 2 is 1.65 bits per heavy atom. The predicted molar refractivity (Wildman–Crippen MR) is 194 cm³/mol. The van der Waals surface area contributed by atoms with E-state index in [0.29, 0.717) is 61.2 Å². The monoisotopic (exact) mass is 749 g/mol. The Morgan fingerprint density at radius 3 is 2.22 bits per heavy atom. The van der Waals surface area contributed by atoms with Crippen molar-refractivity contribution in [1.82, 2.24) is 4.58 Å². The molecular weight excluding hydrogens is 701 g/mol. The van der Waals surface area contributed by atoms with E-state index >= 15 is 0 Å². The Kier molecular flexibility index (Phi) is 12.6. The summed E-state index contributed by atoms with van der Waals surface area (Å²) >= 11 is 0. The quantitative estimate of drug-likeness (QED) is 0.136. The smallest absolute Gasteiger partial charge is 0.303 e. The van der Waals surface area contributed by atoms with Gasteiger partial charge in [-0.2, -0.15) is 16.8 Å². The van der Waals surface area contributed by atoms with Crippen molar-refractivity contribution in [2.24, 2.45) is 0 Å². The lowest BCUT2D eigenvalue weighted by atomic mass is 9.76. The number of benzene rings is 2. The van der Waals surface area contributed by atoms with Crippen LogP contribution in [0.15, 0.2) is 57.5 Å². The average molecular weight is 750 g/mol. The van der Waals surface area contributed by atoms with Crippen molar-refractivity contribution in [2.45, 2.75) is 69.1 Å². The van der Waals surface area contributed by atoms with E-state index in [1.54, 1.807) is 20.3 Å². The third-order valence-corrected chi connectivity index (χ3v) is 10.8. The summed E-state index contributed by atoms with van der Waals surface area (Å²) < 4.78 is 86.9. The van der Waals surface area contributed by atoms with Crippen LogP contribution in [0.5, 0.6) is 0 Å². The van der Waals surface area contributed by atoms with Gasteiger partial charge in [-0.1, -0.05) is 20.8 Å². The van der Waals surface area contributed by atoms with Crippen molar-refractivity contribution in [3.8, 4) is 11.3 Å². The highest BCUT2D eigenvalue weighted by Gasteiger charge is 2.44. The number of fused-ring (bicyclic) bond motifs is 2. The van der Waals surface area contributed by atoms with Gasteiger partial charge in [-0.3, -0.25) is 13.9 Å². The van der Waals surface area contributed by atoms with Gasteiger partial charge in [-0.15, -0.1) is 0 Å². The molecule has 2 heterocycles. The summed E-state index contributed by atoms with van der Waals surface area (Å²) in [4.78, 5) is 13.2. The van der Waals surface area contributed by atoms with Crippen molar-refractivity contribution in [2.75, 3.05) is 57.7 Å². The highest BCUT2D eigenvalue weighted by molar-refractivity contribution is 7.86. The minimum Gasteiger partial charge on any atom is -0.481 e. The van der Waals surface area contributed by atoms with Gasteiger partial charge in [0, 0.05) is 61.0 Å². The second-order valence-corrected chi connectivity index (χ2v) is 17.0. The fourth-order valence-corrected chi connectivity index (χ4v) is 7.47. The van der Waals surface area contributed by atoms with Crippen LogP contribution in [0.3, 0.4) is 0 Å². The van der Waals surface area contributed by atoms with Crippen molar-refractivity contribution in [1.29, 1.82) is 0 Å². The normalized spacial score (nSPS) is 17.3. The molecule has 1 aromatic rings. The lowest BCUT2D eigenvalue weighted by Crippen LogP contribution is -2.35. The zero-order valence-corrected chi connectivity index (χ0v) is 31.6. The van der Waals surface area contributed by atoms with E-state index in [4.69, 9.17) is 13.9 Å². The van der Waals surface area contributed by atoms with E-state index in [1.807, 2.05) is 62.9 Å². The zero-order chi connectivity index (χ0) is 37.8. The lowest BCUT2D eigenvalue weighted by Gasteiger charge is -2.31. The van der Waals surface area contributed by atoms with E-state index in [9.17, 15) is 35.8 Å². The molecule has 3 aliphatic rings. The Hall–Kier alpha value is -3.60. The number of methoxy groups -OCH3 is 2. The molecule has 1 unspecified atom stereocenters. The molecule has 0 fully saturated rings. The number of nitrogens with zero attached hydrogens (tertiary/aromatic N) is 2. The summed E-state index contributed by atoms with van der Waals surface area (Å²) in [5.74, 6) is -0.182. The zero-order valence-electron chi connectivity index (χ0n) is 30.0. The maximum absolute atomic E-state index is 12.3. The molecule has 0 radical (unpaired) electrons. The minimum absolute atomic E-state index is 0.0428. The Balaban J connectivity index is 2.03. The molecule has 0 saturated carbocycles. The van der Waals surface area contributed by atoms with Crippen LogP contribution in [-0.2, 0) is 45.3 Å². The number of anilines is 1. The molecule has 1 aromatic carbocycles. The highest BCUT2D eigenvalue weighted by Crippen LogP contribution is 2.52. The van der Waals surface area contributed by atoms with Crippen LogP contribution in [0, 0.1) is 0 Å². The van der Waals surface area contributed by atoms with Crippen LogP contribution in [0.4, 0.5) is 5.69 Å². The van der Waals surface area contributed by atoms with Crippen LogP contribution in [0.1, 0.15) is 70.3 Å². The first-order valence-corrected chi connectivity index (χ1v) is 19.8. The molecule has 51 heavy (non-hydrogen) atoms. The Bertz CT molecular complexity index is 2020. The van der Waals surface area contributed by atoms with Gasteiger partial charge in [0.15, 0.2) is 13.1 Å². The molecule has 2 aliphatic heterocycles. The number of carboxylic acid groups (broad SMARTS) is 1. The van der Waals surface area contributed by atoms with Gasteiger partial charge in [0.25, 0.3) is 20.2 Å². The molecule has 4 rings (SSSR count). The molecule has 1 atom stereocenters. The van der Waals surface area contributed by atoms with Gasteiger partial charge in [0.1, 0.15) is 24.7 Å². The number of hydrogen-bond donors (Lipinski definition) is 3. The molecular formula is C36H49N2O11S2+. The maximum atomic E-state index is 12.3. The number of carboxylic acids is 1. The second-order valence-electron chi connectivity index (χ2n) is 14.0. The number of allylic oxidation sites excluding steroid dienone is 1. The molecule has 3 N–H and O–H groups in total. The summed E-state index contributed by atoms with van der Waals surface area (Å²) in [6.45, 7) is 10.4. The Morgan fingerprint density at radius 1 is 0.980 bits per heavy atom. The van der Waals surface area contributed by atoms with E-state index < -0.39 is 42.8 Å². The van der Waals surface area contributed by atoms with Crippen LogP contribution in [0.25, 0.3) is 17.4 Å². The summed E-state index contributed by atoms with van der Waals surface area (Å²) in [5, 5.41) is 10.4. The van der Waals surface area contributed by atoms with Gasteiger partial charge in [0.2, 0.25) is 5.36 Å². The SMILES string of the molecule is COCC[N+](CCOC)=c1ccc2c(C=C3N(CCCS(=O)(=O)O)c4ccc(S(=O)(=O)O)cc4C3(C)CCCC(=O)O)cc(C(C)(C)C)oc-2c1. The maximum Gasteiger partial charge on any atom is 0.303 e. The number of rotatable bonds is 16. The summed E-state index contributed by atoms with van der Waals surface area (Å²) in [5.41, 5.74) is 1.96. The minimum atomic E-state index is -4.59. The molecule has 280 valence electrons. The topological polar surface area (TPSA) is 184 Å². The van der Waals surface area contributed by atoms with Crippen LogP contribution in [-0.4, -0.2) is 89.8 Å². The van der Waals surface area contributed by atoms with E-state index in [0.717, 1.165) is 16.5 Å². The predicted octanol–water partition coefficient (Wildman–Crippen LogP) is 4.65. The number of aliphatic carboxylic acids is 1.